The van der Waals surface area contributed by atoms with Crippen LogP contribution in [0.1, 0.15) is 0 Å². The zero-order valence-electron chi connectivity index (χ0n) is 4.74. The molecule has 1 heterocycles. The zero-order chi connectivity index (χ0) is 7.83. The molecule has 1 rings (SSSR count). The lowest BCUT2D eigenvalue weighted by Gasteiger charge is -2.23. The molecule has 1 atom stereocenters. The molecule has 10 heavy (non-hydrogen) atoms. The average Bonchev–Trinajstić information content (AvgIpc) is 2.13. The molecule has 1 unspecified atom stereocenters. The monoisotopic (exact) mass is 172 g/mol. The second kappa shape index (κ2) is 2.02. The number of hydrogen-bond donors (Lipinski definition) is 1. The van der Waals surface area contributed by atoms with Crippen molar-refractivity contribution in [1.29, 1.82) is 0 Å². The van der Waals surface area contributed by atoms with E-state index in [1.54, 1.807) is 0 Å². The smallest absolute Gasteiger partial charge is 0.349 e. The summed E-state index contributed by atoms with van der Waals surface area (Å²) in [4.78, 5) is 0.947. The summed E-state index contributed by atoms with van der Waals surface area (Å²) in [5, 5.41) is 1.92. The largest absolute Gasteiger partial charge is 0.427 e. The summed E-state index contributed by atoms with van der Waals surface area (Å²) in [5.41, 5.74) is 0. The van der Waals surface area contributed by atoms with Gasteiger partial charge in [-0.3, -0.25) is 4.99 Å². The molecule has 0 aromatic rings. The molecule has 0 aliphatic carbocycles. The highest BCUT2D eigenvalue weighted by molar-refractivity contribution is 6.25. The van der Waals surface area contributed by atoms with Crippen molar-refractivity contribution in [3.05, 3.63) is 0 Å². The number of nitrogens with zero attached hydrogens (tertiary/aromatic N) is 1. The number of halogens is 4. The van der Waals surface area contributed by atoms with Crippen LogP contribution in [0.3, 0.4) is 0 Å². The minimum absolute atomic E-state index is 0.460. The van der Waals surface area contributed by atoms with Gasteiger partial charge in [0.2, 0.25) is 5.00 Å². The third-order valence-electron chi connectivity index (χ3n) is 1.14. The molecule has 1 aliphatic rings. The Balaban J connectivity index is 2.71. The summed E-state index contributed by atoms with van der Waals surface area (Å²) in [6.07, 6.45) is -3.49. The van der Waals surface area contributed by atoms with E-state index in [1.165, 1.54) is 0 Å². The van der Waals surface area contributed by atoms with Crippen LogP contribution in [-0.2, 0) is 0 Å². The van der Waals surface area contributed by atoms with E-state index >= 15 is 0 Å². The Kier molecular flexibility index (Phi) is 1.54. The van der Waals surface area contributed by atoms with Gasteiger partial charge in [0.25, 0.3) is 0 Å². The van der Waals surface area contributed by atoms with Gasteiger partial charge in [-0.15, -0.1) is 0 Å². The van der Waals surface area contributed by atoms with Crippen LogP contribution in [-0.4, -0.2) is 24.1 Å². The van der Waals surface area contributed by atoms with Crippen molar-refractivity contribution in [3.63, 3.8) is 0 Å². The first-order valence-corrected chi connectivity index (χ1v) is 2.85. The normalized spacial score (nSPS) is 32.4. The minimum Gasteiger partial charge on any atom is -0.349 e. The highest BCUT2D eigenvalue weighted by Gasteiger charge is 2.55. The van der Waals surface area contributed by atoms with Gasteiger partial charge in [0.15, 0.2) is 0 Å². The Morgan fingerprint density at radius 3 is 2.40 bits per heavy atom. The Morgan fingerprint density at radius 2 is 2.20 bits per heavy atom. The van der Waals surface area contributed by atoms with Crippen LogP contribution in [0.2, 0.25) is 0 Å². The van der Waals surface area contributed by atoms with Crippen molar-refractivity contribution in [2.24, 2.45) is 4.99 Å². The van der Waals surface area contributed by atoms with Crippen molar-refractivity contribution in [2.75, 3.05) is 6.54 Å². The zero-order valence-corrected chi connectivity index (χ0v) is 5.50. The molecule has 2 nitrogen and oxygen atoms in total. The molecule has 1 N–H and O–H groups in total. The topological polar surface area (TPSA) is 24.4 Å². The van der Waals surface area contributed by atoms with Gasteiger partial charge in [0, 0.05) is 0 Å². The first-order valence-electron chi connectivity index (χ1n) is 2.47. The van der Waals surface area contributed by atoms with E-state index in [4.69, 9.17) is 11.6 Å². The molecular weight excluding hydrogens is 169 g/mol. The quantitative estimate of drug-likeness (QED) is 0.430. The number of nitrogens with one attached hydrogen (secondary N) is 1. The standard InChI is InChI=1S/C4H4ClF3N2/c5-3(4(6,7)8)1-9-2-10-3/h2H,1H2,(H,9,10). The van der Waals surface area contributed by atoms with Gasteiger partial charge in [-0.25, -0.2) is 0 Å². The van der Waals surface area contributed by atoms with Crippen molar-refractivity contribution >= 4 is 17.9 Å². The van der Waals surface area contributed by atoms with E-state index in [0.717, 1.165) is 6.34 Å². The fourth-order valence-electron chi connectivity index (χ4n) is 0.537. The maximum absolute atomic E-state index is 11.9. The molecule has 0 fully saturated rings. The van der Waals surface area contributed by atoms with Gasteiger partial charge < -0.3 is 5.32 Å². The third-order valence-corrected chi connectivity index (χ3v) is 1.59. The van der Waals surface area contributed by atoms with Crippen LogP contribution >= 0.6 is 11.6 Å². The van der Waals surface area contributed by atoms with Crippen molar-refractivity contribution in [1.82, 2.24) is 5.32 Å². The Hall–Kier alpha value is -0.450. The molecule has 1 aliphatic heterocycles. The lowest BCUT2D eigenvalue weighted by molar-refractivity contribution is -0.161. The molecule has 0 saturated heterocycles. The van der Waals surface area contributed by atoms with Gasteiger partial charge in [0.05, 0.1) is 12.9 Å². The molecule has 0 spiro atoms. The second-order valence-corrected chi connectivity index (χ2v) is 2.56. The number of hydrogen-bond acceptors (Lipinski definition) is 2. The SMILES string of the molecule is FC(F)(F)C1(Cl)CN=CN1. The summed E-state index contributed by atoms with van der Waals surface area (Å²) in [7, 11) is 0. The van der Waals surface area contributed by atoms with E-state index in [-0.39, 0.29) is 0 Å². The van der Waals surface area contributed by atoms with Gasteiger partial charge in [-0.05, 0) is 0 Å². The van der Waals surface area contributed by atoms with E-state index in [1.807, 2.05) is 5.32 Å². The van der Waals surface area contributed by atoms with Crippen LogP contribution in [0, 0.1) is 0 Å². The molecule has 58 valence electrons. The van der Waals surface area contributed by atoms with E-state index in [9.17, 15) is 13.2 Å². The first kappa shape index (κ1) is 7.65. The van der Waals surface area contributed by atoms with E-state index in [2.05, 4.69) is 4.99 Å². The Bertz CT molecular complexity index is 156. The van der Waals surface area contributed by atoms with Crippen LogP contribution in [0.15, 0.2) is 4.99 Å². The molecule has 0 saturated carbocycles. The lowest BCUT2D eigenvalue weighted by Crippen LogP contribution is -2.50. The molecular formula is C4H4ClF3N2. The molecule has 0 amide bonds. The van der Waals surface area contributed by atoms with Gasteiger partial charge in [-0.2, -0.15) is 13.2 Å². The van der Waals surface area contributed by atoms with Gasteiger partial charge in [-0.1, -0.05) is 11.6 Å². The average molecular weight is 173 g/mol. The Morgan fingerprint density at radius 1 is 1.60 bits per heavy atom. The first-order chi connectivity index (χ1) is 4.46. The Labute approximate surface area is 60.1 Å². The highest BCUT2D eigenvalue weighted by atomic mass is 35.5. The van der Waals surface area contributed by atoms with Gasteiger partial charge in [0.1, 0.15) is 0 Å². The summed E-state index contributed by atoms with van der Waals surface area (Å²) in [6, 6.07) is 0. The maximum Gasteiger partial charge on any atom is 0.427 e. The summed E-state index contributed by atoms with van der Waals surface area (Å²) in [6.45, 7) is -0.460. The predicted molar refractivity (Wildman–Crippen MR) is 31.1 cm³/mol. The molecule has 0 radical (unpaired) electrons. The summed E-state index contributed by atoms with van der Waals surface area (Å²) >= 11 is 5.09. The van der Waals surface area contributed by atoms with Gasteiger partial charge >= 0.3 is 6.18 Å². The van der Waals surface area contributed by atoms with Crippen molar-refractivity contribution < 1.29 is 13.2 Å². The van der Waals surface area contributed by atoms with Crippen LogP contribution in [0.4, 0.5) is 13.2 Å². The highest BCUT2D eigenvalue weighted by Crippen LogP contribution is 2.35. The summed E-state index contributed by atoms with van der Waals surface area (Å²) < 4.78 is 35.6. The van der Waals surface area contributed by atoms with E-state index < -0.39 is 17.7 Å². The fourth-order valence-corrected chi connectivity index (χ4v) is 0.654. The fraction of sp³-hybridized carbons (Fsp3) is 0.750. The maximum atomic E-state index is 11.9. The summed E-state index contributed by atoms with van der Waals surface area (Å²) in [5.74, 6) is 0. The van der Waals surface area contributed by atoms with E-state index in [0.29, 0.717) is 0 Å². The van der Waals surface area contributed by atoms with Crippen molar-refractivity contribution in [2.45, 2.75) is 11.2 Å². The minimum atomic E-state index is -4.45. The number of rotatable bonds is 0. The molecule has 6 heteroatoms. The molecule has 0 aromatic carbocycles. The lowest BCUT2D eigenvalue weighted by atomic mass is 10.3. The number of aliphatic imine (C=N–C) groups is 1. The third kappa shape index (κ3) is 1.05. The molecule has 0 aromatic heterocycles. The predicted octanol–water partition coefficient (Wildman–Crippen LogP) is 1.12. The van der Waals surface area contributed by atoms with Crippen LogP contribution in [0.5, 0.6) is 0 Å². The molecule has 0 bridgehead atoms. The van der Waals surface area contributed by atoms with Crippen LogP contribution < -0.4 is 5.32 Å². The van der Waals surface area contributed by atoms with Crippen LogP contribution in [0.25, 0.3) is 0 Å². The van der Waals surface area contributed by atoms with Crippen molar-refractivity contribution in [3.8, 4) is 0 Å². The second-order valence-electron chi connectivity index (χ2n) is 1.91. The number of alkyl halides is 4.